The molecule has 2 N–H and O–H groups in total. The minimum atomic E-state index is 0.310. The van der Waals surface area contributed by atoms with Gasteiger partial charge in [-0.05, 0) is 19.8 Å². The zero-order valence-corrected chi connectivity index (χ0v) is 10.8. The molecule has 2 atom stereocenters. The van der Waals surface area contributed by atoms with Crippen LogP contribution in [0, 0.1) is 6.92 Å². The van der Waals surface area contributed by atoms with Gasteiger partial charge in [-0.1, -0.05) is 31.0 Å². The van der Waals surface area contributed by atoms with Crippen LogP contribution in [0.3, 0.4) is 0 Å². The van der Waals surface area contributed by atoms with E-state index in [2.05, 4.69) is 10.2 Å². The summed E-state index contributed by atoms with van der Waals surface area (Å²) in [5, 5.41) is 9.78. The van der Waals surface area contributed by atoms with E-state index in [9.17, 15) is 0 Å². The molecule has 1 saturated carbocycles. The average Bonchev–Trinajstić information content (AvgIpc) is 2.48. The molecule has 0 aliphatic heterocycles. The van der Waals surface area contributed by atoms with E-state index >= 15 is 0 Å². The number of nitrogens with zero attached hydrogens (tertiary/aromatic N) is 3. The van der Waals surface area contributed by atoms with Crippen molar-refractivity contribution in [2.45, 2.75) is 55.5 Å². The van der Waals surface area contributed by atoms with Crippen LogP contribution in [0.25, 0.3) is 0 Å². The summed E-state index contributed by atoms with van der Waals surface area (Å²) < 4.78 is 2.04. The molecule has 0 spiro atoms. The van der Waals surface area contributed by atoms with Crippen molar-refractivity contribution >= 4 is 11.8 Å². The normalized spacial score (nSPS) is 26.7. The molecule has 0 aromatic carbocycles. The summed E-state index contributed by atoms with van der Waals surface area (Å²) in [6, 6.07) is 0.310. The van der Waals surface area contributed by atoms with Gasteiger partial charge in [0.25, 0.3) is 0 Å². The van der Waals surface area contributed by atoms with Crippen molar-refractivity contribution in [1.29, 1.82) is 0 Å². The molecule has 1 aromatic heterocycles. The molecule has 5 heteroatoms. The Balaban J connectivity index is 2.05. The van der Waals surface area contributed by atoms with Crippen LogP contribution >= 0.6 is 11.8 Å². The number of aryl methyl sites for hydroxylation is 1. The molecule has 16 heavy (non-hydrogen) atoms. The molecule has 1 aliphatic rings. The fourth-order valence-corrected chi connectivity index (χ4v) is 3.32. The van der Waals surface area contributed by atoms with Gasteiger partial charge in [-0.15, -0.1) is 10.2 Å². The average molecular weight is 240 g/mol. The van der Waals surface area contributed by atoms with Gasteiger partial charge in [0.15, 0.2) is 5.16 Å². The number of nitrogens with two attached hydrogens (primary N) is 1. The topological polar surface area (TPSA) is 56.7 Å². The van der Waals surface area contributed by atoms with Gasteiger partial charge in [-0.2, -0.15) is 0 Å². The van der Waals surface area contributed by atoms with E-state index in [1.807, 2.05) is 18.5 Å². The molecular formula is C11H20N4S. The van der Waals surface area contributed by atoms with Crippen LogP contribution in [-0.2, 0) is 7.05 Å². The van der Waals surface area contributed by atoms with Crippen LogP contribution < -0.4 is 5.73 Å². The lowest BCUT2D eigenvalue weighted by Gasteiger charge is -2.19. The van der Waals surface area contributed by atoms with E-state index in [0.29, 0.717) is 11.3 Å². The molecular weight excluding hydrogens is 220 g/mol. The Morgan fingerprint density at radius 2 is 2.00 bits per heavy atom. The Labute approximate surface area is 101 Å². The Hall–Kier alpha value is -0.550. The highest BCUT2D eigenvalue weighted by molar-refractivity contribution is 7.99. The van der Waals surface area contributed by atoms with E-state index < -0.39 is 0 Å². The van der Waals surface area contributed by atoms with Crippen LogP contribution in [0.5, 0.6) is 0 Å². The lowest BCUT2D eigenvalue weighted by Crippen LogP contribution is -2.31. The molecule has 1 fully saturated rings. The van der Waals surface area contributed by atoms with Crippen LogP contribution in [0.1, 0.15) is 37.9 Å². The largest absolute Gasteiger partial charge is 0.327 e. The number of hydrogen-bond acceptors (Lipinski definition) is 4. The second kappa shape index (κ2) is 5.19. The minimum Gasteiger partial charge on any atom is -0.327 e. The fraction of sp³-hybridized carbons (Fsp3) is 0.818. The van der Waals surface area contributed by atoms with Crippen LogP contribution in [0.4, 0.5) is 0 Å². The Kier molecular flexibility index (Phi) is 3.86. The van der Waals surface area contributed by atoms with E-state index in [-0.39, 0.29) is 0 Å². The fourth-order valence-electron chi connectivity index (χ4n) is 2.07. The zero-order chi connectivity index (χ0) is 11.5. The maximum absolute atomic E-state index is 6.21. The van der Waals surface area contributed by atoms with Crippen LogP contribution in [0.15, 0.2) is 5.16 Å². The molecule has 0 amide bonds. The van der Waals surface area contributed by atoms with Crippen molar-refractivity contribution in [3.8, 4) is 0 Å². The molecule has 0 radical (unpaired) electrons. The highest BCUT2D eigenvalue weighted by Gasteiger charge is 2.23. The van der Waals surface area contributed by atoms with Gasteiger partial charge in [0, 0.05) is 18.3 Å². The smallest absolute Gasteiger partial charge is 0.191 e. The first-order valence-electron chi connectivity index (χ1n) is 5.96. The van der Waals surface area contributed by atoms with E-state index in [0.717, 1.165) is 17.4 Å². The molecule has 2 unspecified atom stereocenters. The molecule has 1 aromatic rings. The van der Waals surface area contributed by atoms with Crippen molar-refractivity contribution in [3.05, 3.63) is 5.82 Å². The molecule has 0 saturated heterocycles. The van der Waals surface area contributed by atoms with Crippen molar-refractivity contribution in [2.75, 3.05) is 0 Å². The van der Waals surface area contributed by atoms with Gasteiger partial charge in [-0.3, -0.25) is 0 Å². The SMILES string of the molecule is Cc1nnc(SC2CCCCCC2N)n1C. The third-order valence-electron chi connectivity index (χ3n) is 3.31. The van der Waals surface area contributed by atoms with Crippen molar-refractivity contribution < 1.29 is 0 Å². The Morgan fingerprint density at radius 1 is 1.25 bits per heavy atom. The van der Waals surface area contributed by atoms with Gasteiger partial charge >= 0.3 is 0 Å². The molecule has 1 aliphatic carbocycles. The quantitative estimate of drug-likeness (QED) is 0.802. The third kappa shape index (κ3) is 2.58. The number of hydrogen-bond donors (Lipinski definition) is 1. The molecule has 1 heterocycles. The second-order valence-electron chi connectivity index (χ2n) is 4.55. The predicted octanol–water partition coefficient (Wildman–Crippen LogP) is 1.88. The summed E-state index contributed by atoms with van der Waals surface area (Å²) in [5.41, 5.74) is 6.21. The minimum absolute atomic E-state index is 0.310. The van der Waals surface area contributed by atoms with E-state index in [1.54, 1.807) is 11.8 Å². The lowest BCUT2D eigenvalue weighted by atomic mass is 10.1. The number of aromatic nitrogens is 3. The zero-order valence-electron chi connectivity index (χ0n) is 10.0. The first kappa shape index (κ1) is 11.9. The first-order chi connectivity index (χ1) is 7.68. The highest BCUT2D eigenvalue weighted by atomic mass is 32.2. The van der Waals surface area contributed by atoms with Crippen LogP contribution in [-0.4, -0.2) is 26.1 Å². The maximum atomic E-state index is 6.21. The molecule has 2 rings (SSSR count). The number of thioether (sulfide) groups is 1. The summed E-state index contributed by atoms with van der Waals surface area (Å²) in [4.78, 5) is 0. The van der Waals surface area contributed by atoms with Gasteiger partial charge in [-0.25, -0.2) is 0 Å². The molecule has 0 bridgehead atoms. The van der Waals surface area contributed by atoms with Crippen molar-refractivity contribution in [3.63, 3.8) is 0 Å². The Bertz CT molecular complexity index is 350. The molecule has 90 valence electrons. The lowest BCUT2D eigenvalue weighted by molar-refractivity contribution is 0.593. The second-order valence-corrected chi connectivity index (χ2v) is 5.75. The van der Waals surface area contributed by atoms with E-state index in [4.69, 9.17) is 5.73 Å². The van der Waals surface area contributed by atoms with Crippen LogP contribution in [0.2, 0.25) is 0 Å². The standard InChI is InChI=1S/C11H20N4S/c1-8-13-14-11(15(8)2)16-10-7-5-3-4-6-9(10)12/h9-10H,3-7,12H2,1-2H3. The summed E-state index contributed by atoms with van der Waals surface area (Å²) in [7, 11) is 2.01. The monoisotopic (exact) mass is 240 g/mol. The summed E-state index contributed by atoms with van der Waals surface area (Å²) in [5.74, 6) is 0.963. The summed E-state index contributed by atoms with van der Waals surface area (Å²) >= 11 is 1.80. The highest BCUT2D eigenvalue weighted by Crippen LogP contribution is 2.31. The van der Waals surface area contributed by atoms with Gasteiger partial charge < -0.3 is 10.3 Å². The van der Waals surface area contributed by atoms with Gasteiger partial charge in [0.2, 0.25) is 0 Å². The van der Waals surface area contributed by atoms with Gasteiger partial charge in [0.1, 0.15) is 5.82 Å². The van der Waals surface area contributed by atoms with Crippen molar-refractivity contribution in [2.24, 2.45) is 12.8 Å². The number of rotatable bonds is 2. The summed E-state index contributed by atoms with van der Waals surface area (Å²) in [6.07, 6.45) is 6.24. The van der Waals surface area contributed by atoms with Gasteiger partial charge in [0.05, 0.1) is 0 Å². The summed E-state index contributed by atoms with van der Waals surface area (Å²) in [6.45, 7) is 1.98. The maximum Gasteiger partial charge on any atom is 0.191 e. The molecule has 4 nitrogen and oxygen atoms in total. The van der Waals surface area contributed by atoms with Crippen molar-refractivity contribution in [1.82, 2.24) is 14.8 Å². The Morgan fingerprint density at radius 3 is 2.69 bits per heavy atom. The predicted molar refractivity (Wildman–Crippen MR) is 66.4 cm³/mol. The van der Waals surface area contributed by atoms with E-state index in [1.165, 1.54) is 25.7 Å². The first-order valence-corrected chi connectivity index (χ1v) is 6.84. The third-order valence-corrected chi connectivity index (χ3v) is 4.77.